The number of carbonyl (C=O) groups excluding carboxylic acids is 3. The molecule has 0 bridgehead atoms. The van der Waals surface area contributed by atoms with Crippen molar-refractivity contribution in [1.29, 1.82) is 46.5 Å². The molecule has 149 heavy (non-hydrogen) atoms. The third-order valence-corrected chi connectivity index (χ3v) is 20.8. The SMILES string of the molecule is C.C.C.C.C.C.C.C.C.C.C.C.C.C.C.C.C.C.C=O.CC(C)(C)c1cc(OP(C)(=N)Oc2cc(C(C)(C)C)cc(C(C)(C)C)c2)cc(C(C)(C)C)c1.CCOC(=O)c1ccc(OP(C)(=N)Oc2ccc(C(=O)OCC)cc2)cc1.CP(=N)(OCC(F)(F)F)C(F)(F)F.CP(=N)(Oc1ccccc1)Oc1ccccc1.CP(C)(C)=N.CP(C)(C)=N.C[PH](C)=N.C[PH](C)=N.Cc1cccc(OP(C)(=N)Oc2cccc(C)c2)c1.[Y].[Y]. The predicted octanol–water partition coefficient (Wildman–Crippen LogP) is 44.1. The molecule has 1 atom stereocenters. The number of alkyl halides is 6. The van der Waals surface area contributed by atoms with E-state index in [1.165, 1.54) is 22.3 Å². The molecule has 8 aromatic carbocycles. The van der Waals surface area contributed by atoms with E-state index in [0.29, 0.717) is 77.0 Å². The number of nitrogens with one attached hydrogen (secondary N) is 9. The Kier molecular flexibility index (Phi) is 119. The van der Waals surface area contributed by atoms with E-state index in [1.54, 1.807) is 89.0 Å². The summed E-state index contributed by atoms with van der Waals surface area (Å²) in [5, 5.41) is 67.5. The van der Waals surface area contributed by atoms with Crippen molar-refractivity contribution < 1.29 is 156 Å². The van der Waals surface area contributed by atoms with E-state index in [2.05, 4.69) is 124 Å². The summed E-state index contributed by atoms with van der Waals surface area (Å²) in [4.78, 5) is 31.3. The van der Waals surface area contributed by atoms with Gasteiger partial charge in [0.15, 0.2) is 7.28 Å². The third kappa shape index (κ3) is 99.2. The summed E-state index contributed by atoms with van der Waals surface area (Å²) < 4.78 is 129. The summed E-state index contributed by atoms with van der Waals surface area (Å²) in [5.74, 6) is -0.925. The van der Waals surface area contributed by atoms with Gasteiger partial charge in [0, 0.05) is 98.7 Å². The monoisotopic (exact) mass is 2450 g/mol. The minimum atomic E-state index is -5.03. The molecular weight excluding hydrogens is 2230 g/mol. The van der Waals surface area contributed by atoms with Crippen LogP contribution in [0.2, 0.25) is 0 Å². The quantitative estimate of drug-likeness (QED) is 0.0173. The normalized spacial score (nSPS) is 10.5. The van der Waals surface area contributed by atoms with Gasteiger partial charge in [-0.3, -0.25) is 5.16 Å². The van der Waals surface area contributed by atoms with E-state index in [4.69, 9.17) is 96.9 Å². The molecule has 8 rings (SSSR count). The van der Waals surface area contributed by atoms with Crippen LogP contribution in [0.1, 0.15) is 285 Å². The van der Waals surface area contributed by atoms with Gasteiger partial charge < -0.3 is 75.6 Å². The summed E-state index contributed by atoms with van der Waals surface area (Å²) in [6, 6.07) is 59.3. The Balaban J connectivity index is -0.0000000638. The van der Waals surface area contributed by atoms with E-state index in [9.17, 15) is 35.9 Å². The molecule has 0 saturated heterocycles. The van der Waals surface area contributed by atoms with Crippen LogP contribution in [0.5, 0.6) is 46.0 Å². The second kappa shape index (κ2) is 89.6. The Labute approximate surface area is 962 Å². The fourth-order valence-electron chi connectivity index (χ4n) is 9.03. The van der Waals surface area contributed by atoms with Crippen molar-refractivity contribution in [2.75, 3.05) is 120 Å². The van der Waals surface area contributed by atoms with Crippen molar-refractivity contribution in [1.82, 2.24) is 0 Å². The van der Waals surface area contributed by atoms with Crippen LogP contribution in [-0.4, -0.2) is 151 Å². The maximum absolute atomic E-state index is 11.8. The third-order valence-electron chi connectivity index (χ3n) is 14.7. The van der Waals surface area contributed by atoms with Gasteiger partial charge in [-0.2, -0.15) is 26.3 Å². The zero-order chi connectivity index (χ0) is 101. The van der Waals surface area contributed by atoms with Crippen molar-refractivity contribution >= 4 is 85.6 Å². The molecule has 8 aromatic rings. The molecule has 0 aliphatic carbocycles. The van der Waals surface area contributed by atoms with Gasteiger partial charge in [0.2, 0.25) is 0 Å². The first-order valence-electron chi connectivity index (χ1n) is 40.4. The molecule has 0 heterocycles. The zero-order valence-electron chi connectivity index (χ0n) is 82.1. The Hall–Kier alpha value is -5.41. The van der Waals surface area contributed by atoms with Crippen molar-refractivity contribution in [2.45, 2.75) is 278 Å². The molecule has 0 aliphatic heterocycles. The van der Waals surface area contributed by atoms with Crippen LogP contribution in [0.3, 0.4) is 0 Å². The number of ether oxygens (including phenoxy) is 2. The van der Waals surface area contributed by atoms with E-state index in [1.807, 2.05) is 196 Å². The minimum Gasteiger partial charge on any atom is -0.462 e. The second-order valence-corrected chi connectivity index (χ2v) is 58.6. The molecule has 9 N–H and O–H groups in total. The Morgan fingerprint density at radius 2 is 0.483 bits per heavy atom. The minimum absolute atomic E-state index is 0. The van der Waals surface area contributed by atoms with E-state index in [-0.39, 0.29) is 221 Å². The first-order valence-corrected chi connectivity index (χ1v) is 62.1. The van der Waals surface area contributed by atoms with Gasteiger partial charge in [0.1, 0.15) is 59.4 Å². The Morgan fingerprint density at radius 3 is 0.658 bits per heavy atom. The number of aryl methyl sites for hydroxylation is 2. The fourth-order valence-corrected chi connectivity index (χ4v) is 13.9. The predicted molar refractivity (Wildman–Crippen MR) is 657 cm³/mol. The van der Waals surface area contributed by atoms with Crippen LogP contribution in [0.4, 0.5) is 26.3 Å². The van der Waals surface area contributed by atoms with Crippen molar-refractivity contribution in [2.24, 2.45) is 0 Å². The maximum atomic E-state index is 11.8. The zero-order valence-corrected chi connectivity index (χ0v) is 96.0. The molecule has 2 radical (unpaired) electrons. The van der Waals surface area contributed by atoms with Crippen LogP contribution in [0.25, 0.3) is 0 Å². The number of halogens is 6. The summed E-state index contributed by atoms with van der Waals surface area (Å²) in [6.07, 6.45) is -4.84. The molecule has 0 spiro atoms. The average molecular weight is 2450 g/mol. The van der Waals surface area contributed by atoms with Gasteiger partial charge >= 0.3 is 54.1 Å². The number of hydrogen-bond acceptors (Lipinski definition) is 23. The maximum Gasteiger partial charge on any atom is 0.444 e. The number of carbonyl (C=O) groups is 3. The summed E-state index contributed by atoms with van der Waals surface area (Å²) in [5.41, 5.74) is 7.78. The molecule has 0 aliphatic rings. The van der Waals surface area contributed by atoms with Crippen molar-refractivity contribution in [3.8, 4) is 46.0 Å². The van der Waals surface area contributed by atoms with Crippen LogP contribution in [-0.2, 0) is 106 Å². The van der Waals surface area contributed by atoms with Gasteiger partial charge in [-0.25, -0.2) is 30.2 Å². The van der Waals surface area contributed by atoms with Gasteiger partial charge in [0.05, 0.1) is 24.3 Å². The van der Waals surface area contributed by atoms with Crippen LogP contribution < -0.4 is 36.2 Å². The second-order valence-electron chi connectivity index (χ2n) is 35.7. The standard InChI is InChI=1S/C29H46NO2P.C19H22NO6P.C15H18NO2P.C13H14NO2P.C4H6F6NOP.2C3H10NP.2C2H8NP.CH2O.18CH4.2Y/c1-26(2,3)20-14-21(27(4,5)6)17-24(16-20)31-33(13,30)32-25-18-22(28(7,8)9)15-23(19-25)29(10,11)12;1-4-23-18(21)14-6-10-16(11-7-14)25-27(3,20)26-17-12-8-15(9-13-17)19(22)24-5-2;1-12-6-4-8-14(10-12)17-19(3,16)18-15-9-5-7-13(2)11-15;1-17(14,15-12-8-4-2-5-9-12)16-13-10-6-3-7-11-13;1-13(11,4(8,9)10)12-2-3(5,6)7;2*1-5(2,3)4;2*1-4(2)3;1-2;;;;;;;;;;;;;;;;;;;;/h14-19,30H,1-13H3;6-13,20H,4-5H2,1-3H3;4-11,16H,1-3H3;2-11,14H,1H3;11H,2H2,1H3;2*4H,1-3H3;2*3-4H,1-2H3;1H2;18*1H4;;. The number of hydrogen-bond donors (Lipinski definition) is 9. The number of benzene rings is 8. The van der Waals surface area contributed by atoms with Crippen molar-refractivity contribution in [3.63, 3.8) is 0 Å². The molecule has 0 saturated carbocycles. The van der Waals surface area contributed by atoms with Crippen molar-refractivity contribution in [3.05, 3.63) is 239 Å². The van der Waals surface area contributed by atoms with Gasteiger partial charge in [-0.05, 0) is 300 Å². The first-order chi connectivity index (χ1) is 58.4. The molecule has 874 valence electrons. The molecule has 0 aromatic heterocycles. The van der Waals surface area contributed by atoms with Gasteiger partial charge in [0.25, 0.3) is 0 Å². The smallest absolute Gasteiger partial charge is 0.444 e. The van der Waals surface area contributed by atoms with Crippen LogP contribution in [0, 0.1) is 60.3 Å². The topological polar surface area (TPSA) is 367 Å². The largest absolute Gasteiger partial charge is 0.462 e. The summed E-state index contributed by atoms with van der Waals surface area (Å²) >= 11 is 0. The number of esters is 2. The first kappa shape index (κ1) is 197. The molecule has 23 nitrogen and oxygen atoms in total. The molecule has 40 heteroatoms. The molecule has 1 unspecified atom stereocenters. The van der Waals surface area contributed by atoms with E-state index in [0.717, 1.165) is 11.1 Å². The summed E-state index contributed by atoms with van der Waals surface area (Å²) in [6.45, 7) is 61.0. The van der Waals surface area contributed by atoms with E-state index >= 15 is 0 Å². The van der Waals surface area contributed by atoms with E-state index < -0.39 is 97.5 Å². The molecule has 0 fully saturated rings. The molecular formula is C109H216F6N9O14P9Y2. The Morgan fingerprint density at radius 1 is 0.302 bits per heavy atom. The molecule has 0 amide bonds. The average Bonchev–Trinajstić information content (AvgIpc) is 0.789. The summed E-state index contributed by atoms with van der Waals surface area (Å²) in [7, 11) is -19.4. The van der Waals surface area contributed by atoms with Crippen LogP contribution in [0.15, 0.2) is 194 Å². The number of rotatable bonds is 22. The fraction of sp³-hybridized carbons (Fsp3) is 0.532. The van der Waals surface area contributed by atoms with Crippen LogP contribution >= 0.6 is 66.9 Å². The Bertz CT molecular complexity index is 4830. The van der Waals surface area contributed by atoms with Gasteiger partial charge in [-0.1, -0.05) is 290 Å². The van der Waals surface area contributed by atoms with Gasteiger partial charge in [-0.15, -0.1) is 0 Å². The number of para-hydroxylation sites is 2.